The largest absolute Gasteiger partial charge is 0.398 e. The minimum atomic E-state index is -3.46. The van der Waals surface area contributed by atoms with E-state index < -0.39 is 10.0 Å². The van der Waals surface area contributed by atoms with E-state index in [4.69, 9.17) is 5.73 Å². The molecule has 112 valence electrons. The Morgan fingerprint density at radius 2 is 1.71 bits per heavy atom. The van der Waals surface area contributed by atoms with Crippen LogP contribution in [-0.2, 0) is 10.0 Å². The van der Waals surface area contributed by atoms with Crippen LogP contribution in [0.25, 0.3) is 0 Å². The average Bonchev–Trinajstić information content (AvgIpc) is 2.43. The molecule has 0 spiro atoms. The van der Waals surface area contributed by atoms with Gasteiger partial charge >= 0.3 is 0 Å². The van der Waals surface area contributed by atoms with Gasteiger partial charge in [0.25, 0.3) is 0 Å². The number of benzene rings is 2. The van der Waals surface area contributed by atoms with E-state index in [1.807, 2.05) is 26.0 Å². The smallest absolute Gasteiger partial charge is 0.240 e. The van der Waals surface area contributed by atoms with E-state index in [0.717, 1.165) is 9.79 Å². The fourth-order valence-electron chi connectivity index (χ4n) is 1.94. The zero-order chi connectivity index (χ0) is 15.6. The summed E-state index contributed by atoms with van der Waals surface area (Å²) in [4.78, 5) is 2.13. The van der Waals surface area contributed by atoms with Gasteiger partial charge in [-0.05, 0) is 50.7 Å². The van der Waals surface area contributed by atoms with E-state index in [9.17, 15) is 8.42 Å². The van der Waals surface area contributed by atoms with Crippen LogP contribution in [0, 0.1) is 13.8 Å². The molecule has 21 heavy (non-hydrogen) atoms. The number of sulfonamides is 1. The van der Waals surface area contributed by atoms with Gasteiger partial charge in [0, 0.05) is 15.5 Å². The molecular weight excluding hydrogens is 304 g/mol. The van der Waals surface area contributed by atoms with Crippen molar-refractivity contribution in [2.45, 2.75) is 28.5 Å². The molecule has 2 aromatic carbocycles. The minimum absolute atomic E-state index is 0.174. The number of nitrogens with one attached hydrogen (secondary N) is 1. The summed E-state index contributed by atoms with van der Waals surface area (Å²) in [5, 5.41) is 0. The lowest BCUT2D eigenvalue weighted by molar-refractivity contribution is 0.588. The van der Waals surface area contributed by atoms with Crippen LogP contribution in [0.5, 0.6) is 0 Å². The van der Waals surface area contributed by atoms with E-state index in [0.29, 0.717) is 5.69 Å². The summed E-state index contributed by atoms with van der Waals surface area (Å²) < 4.78 is 25.8. The first-order valence-electron chi connectivity index (χ1n) is 6.41. The summed E-state index contributed by atoms with van der Waals surface area (Å²) in [7, 11) is -2.08. The summed E-state index contributed by atoms with van der Waals surface area (Å²) in [6.45, 7) is 4.10. The van der Waals surface area contributed by atoms with Crippen LogP contribution in [-0.4, -0.2) is 15.5 Å². The molecule has 4 nitrogen and oxygen atoms in total. The Morgan fingerprint density at radius 3 is 2.29 bits per heavy atom. The predicted molar refractivity (Wildman–Crippen MR) is 87.1 cm³/mol. The molecule has 3 N–H and O–H groups in total. The Kier molecular flexibility index (Phi) is 4.61. The molecule has 0 amide bonds. The topological polar surface area (TPSA) is 72.2 Å². The number of hydrogen-bond donors (Lipinski definition) is 2. The van der Waals surface area contributed by atoms with Crippen molar-refractivity contribution >= 4 is 27.5 Å². The third-order valence-corrected chi connectivity index (χ3v) is 5.79. The van der Waals surface area contributed by atoms with Crippen molar-refractivity contribution in [3.63, 3.8) is 0 Å². The highest BCUT2D eigenvalue weighted by Crippen LogP contribution is 2.35. The van der Waals surface area contributed by atoms with Gasteiger partial charge in [-0.15, -0.1) is 0 Å². The lowest BCUT2D eigenvalue weighted by atomic mass is 10.2. The van der Waals surface area contributed by atoms with Crippen LogP contribution < -0.4 is 10.5 Å². The van der Waals surface area contributed by atoms with E-state index in [1.54, 1.807) is 12.1 Å². The second-order valence-corrected chi connectivity index (χ2v) is 7.75. The highest BCUT2D eigenvalue weighted by atomic mass is 32.2. The molecule has 0 aliphatic heterocycles. The second-order valence-electron chi connectivity index (χ2n) is 4.78. The van der Waals surface area contributed by atoms with Crippen molar-refractivity contribution in [2.24, 2.45) is 0 Å². The summed E-state index contributed by atoms with van der Waals surface area (Å²) in [6, 6.07) is 11.0. The molecule has 2 aromatic rings. The molecule has 0 atom stereocenters. The summed E-state index contributed by atoms with van der Waals surface area (Å²) in [5.41, 5.74) is 8.82. The van der Waals surface area contributed by atoms with Crippen molar-refractivity contribution in [3.8, 4) is 0 Å². The monoisotopic (exact) mass is 322 g/mol. The van der Waals surface area contributed by atoms with Crippen molar-refractivity contribution in [1.82, 2.24) is 4.72 Å². The number of hydrogen-bond acceptors (Lipinski definition) is 4. The van der Waals surface area contributed by atoms with E-state index >= 15 is 0 Å². The molecule has 0 unspecified atom stereocenters. The van der Waals surface area contributed by atoms with E-state index in [2.05, 4.69) is 10.8 Å². The maximum atomic E-state index is 11.7. The number of nitrogen functional groups attached to an aromatic ring is 1. The third-order valence-electron chi connectivity index (χ3n) is 3.11. The molecule has 2 rings (SSSR count). The highest BCUT2D eigenvalue weighted by molar-refractivity contribution is 7.99. The van der Waals surface area contributed by atoms with Gasteiger partial charge in [0.2, 0.25) is 10.0 Å². The molecule has 0 aromatic heterocycles. The zero-order valence-corrected chi connectivity index (χ0v) is 13.8. The SMILES string of the molecule is CNS(=O)(=O)c1ccc(Sc2ccc(C)cc2C)c(N)c1. The second kappa shape index (κ2) is 6.09. The van der Waals surface area contributed by atoms with Crippen molar-refractivity contribution in [2.75, 3.05) is 12.8 Å². The maximum absolute atomic E-state index is 11.7. The minimum Gasteiger partial charge on any atom is -0.398 e. The molecule has 0 radical (unpaired) electrons. The third kappa shape index (κ3) is 3.58. The van der Waals surface area contributed by atoms with Gasteiger partial charge in [-0.3, -0.25) is 0 Å². The van der Waals surface area contributed by atoms with Crippen molar-refractivity contribution < 1.29 is 8.42 Å². The first-order valence-corrected chi connectivity index (χ1v) is 8.71. The van der Waals surface area contributed by atoms with E-state index in [1.165, 1.54) is 36.0 Å². The van der Waals surface area contributed by atoms with Crippen LogP contribution in [0.1, 0.15) is 11.1 Å². The molecule has 0 aliphatic carbocycles. The first kappa shape index (κ1) is 15.9. The van der Waals surface area contributed by atoms with Crippen LogP contribution in [0.2, 0.25) is 0 Å². The van der Waals surface area contributed by atoms with Gasteiger partial charge in [0.1, 0.15) is 0 Å². The molecule has 0 heterocycles. The standard InChI is InChI=1S/C15H18N2O2S2/c1-10-4-6-14(11(2)8-10)20-15-7-5-12(9-13(15)16)21(18,19)17-3/h4-9,17H,16H2,1-3H3. The van der Waals surface area contributed by atoms with Crippen LogP contribution in [0.15, 0.2) is 51.1 Å². The Balaban J connectivity index is 2.34. The Morgan fingerprint density at radius 1 is 1.05 bits per heavy atom. The molecule has 0 bridgehead atoms. The number of rotatable bonds is 4. The Labute approximate surface area is 129 Å². The molecule has 0 aliphatic rings. The molecule has 0 saturated carbocycles. The van der Waals surface area contributed by atoms with Gasteiger partial charge in [-0.2, -0.15) is 0 Å². The van der Waals surface area contributed by atoms with Gasteiger partial charge < -0.3 is 5.73 Å². The van der Waals surface area contributed by atoms with Gasteiger partial charge in [0.05, 0.1) is 4.90 Å². The average molecular weight is 322 g/mol. The zero-order valence-electron chi connectivity index (χ0n) is 12.2. The predicted octanol–water partition coefficient (Wildman–Crippen LogP) is 2.94. The molecule has 0 saturated heterocycles. The van der Waals surface area contributed by atoms with Crippen molar-refractivity contribution in [3.05, 3.63) is 47.5 Å². The van der Waals surface area contributed by atoms with Crippen LogP contribution in [0.4, 0.5) is 5.69 Å². The highest BCUT2D eigenvalue weighted by Gasteiger charge is 2.13. The Bertz CT molecular complexity index is 771. The number of nitrogens with two attached hydrogens (primary N) is 1. The normalized spacial score (nSPS) is 11.6. The first-order chi connectivity index (χ1) is 9.83. The lowest BCUT2D eigenvalue weighted by Gasteiger charge is -2.10. The summed E-state index contributed by atoms with van der Waals surface area (Å²) >= 11 is 1.54. The molecule has 6 heteroatoms. The fourth-order valence-corrected chi connectivity index (χ4v) is 3.61. The quantitative estimate of drug-likeness (QED) is 0.849. The van der Waals surface area contributed by atoms with Gasteiger partial charge in [-0.25, -0.2) is 13.1 Å². The summed E-state index contributed by atoms with van der Waals surface area (Å²) in [5.74, 6) is 0. The maximum Gasteiger partial charge on any atom is 0.240 e. The molecule has 0 fully saturated rings. The fraction of sp³-hybridized carbons (Fsp3) is 0.200. The molecular formula is C15H18N2O2S2. The number of anilines is 1. The Hall–Kier alpha value is -1.50. The van der Waals surface area contributed by atoms with Crippen LogP contribution in [0.3, 0.4) is 0 Å². The van der Waals surface area contributed by atoms with Crippen molar-refractivity contribution in [1.29, 1.82) is 0 Å². The lowest BCUT2D eigenvalue weighted by Crippen LogP contribution is -2.18. The number of aryl methyl sites for hydroxylation is 2. The van der Waals surface area contributed by atoms with Gasteiger partial charge in [0.15, 0.2) is 0 Å². The van der Waals surface area contributed by atoms with Gasteiger partial charge in [-0.1, -0.05) is 29.5 Å². The van der Waals surface area contributed by atoms with E-state index in [-0.39, 0.29) is 4.90 Å². The van der Waals surface area contributed by atoms with Crippen LogP contribution >= 0.6 is 11.8 Å². The summed E-state index contributed by atoms with van der Waals surface area (Å²) in [6.07, 6.45) is 0.